The van der Waals surface area contributed by atoms with Gasteiger partial charge in [0.05, 0.1) is 19.2 Å². The van der Waals surface area contributed by atoms with E-state index in [-0.39, 0.29) is 6.42 Å². The Labute approximate surface area is 155 Å². The average molecular weight is 369 g/mol. The summed E-state index contributed by atoms with van der Waals surface area (Å²) < 4.78 is 9.60. The largest absolute Gasteiger partial charge is 0.468 e. The van der Waals surface area contributed by atoms with Crippen molar-refractivity contribution in [2.24, 2.45) is 5.92 Å². The molecule has 2 aromatic carbocycles. The van der Waals surface area contributed by atoms with Crippen LogP contribution in [0.2, 0.25) is 0 Å². The molecule has 134 valence electrons. The van der Waals surface area contributed by atoms with E-state index in [1.54, 1.807) is 11.8 Å². The molecule has 0 fully saturated rings. The molecule has 26 heavy (non-hydrogen) atoms. The molecule has 0 saturated carbocycles. The van der Waals surface area contributed by atoms with Gasteiger partial charge in [-0.2, -0.15) is 0 Å². The van der Waals surface area contributed by atoms with Gasteiger partial charge >= 0.3 is 11.9 Å². The summed E-state index contributed by atoms with van der Waals surface area (Å²) in [5.74, 6) is -2.20. The molecule has 0 bridgehead atoms. The van der Waals surface area contributed by atoms with Crippen molar-refractivity contribution in [3.05, 3.63) is 60.2 Å². The molecule has 0 amide bonds. The third-order valence-electron chi connectivity index (χ3n) is 4.12. The van der Waals surface area contributed by atoms with Crippen molar-refractivity contribution in [2.75, 3.05) is 14.2 Å². The zero-order chi connectivity index (χ0) is 18.5. The SMILES string of the molecule is COC(=O)C(Cc1c(Sc2ccccc2)[nH]c2ccccc12)C(=O)OC. The van der Waals surface area contributed by atoms with Gasteiger partial charge in [-0.15, -0.1) is 0 Å². The number of H-pyrrole nitrogens is 1. The van der Waals surface area contributed by atoms with Crippen LogP contribution in [0.5, 0.6) is 0 Å². The van der Waals surface area contributed by atoms with Gasteiger partial charge in [-0.3, -0.25) is 9.59 Å². The third kappa shape index (κ3) is 3.75. The maximum atomic E-state index is 12.1. The maximum absolute atomic E-state index is 12.1. The smallest absolute Gasteiger partial charge is 0.320 e. The van der Waals surface area contributed by atoms with Crippen LogP contribution in [-0.2, 0) is 25.5 Å². The number of aromatic amines is 1. The summed E-state index contributed by atoms with van der Waals surface area (Å²) in [6.45, 7) is 0. The van der Waals surface area contributed by atoms with Crippen LogP contribution >= 0.6 is 11.8 Å². The number of carbonyl (C=O) groups excluding carboxylic acids is 2. The van der Waals surface area contributed by atoms with Gasteiger partial charge in [0, 0.05) is 15.8 Å². The van der Waals surface area contributed by atoms with E-state index in [4.69, 9.17) is 9.47 Å². The monoisotopic (exact) mass is 369 g/mol. The zero-order valence-electron chi connectivity index (χ0n) is 14.5. The number of nitrogens with one attached hydrogen (secondary N) is 1. The maximum Gasteiger partial charge on any atom is 0.320 e. The van der Waals surface area contributed by atoms with Gasteiger partial charge in [0.25, 0.3) is 0 Å². The minimum absolute atomic E-state index is 0.207. The van der Waals surface area contributed by atoms with Crippen LogP contribution < -0.4 is 0 Å². The Morgan fingerprint density at radius 1 is 0.962 bits per heavy atom. The van der Waals surface area contributed by atoms with Crippen molar-refractivity contribution >= 4 is 34.6 Å². The van der Waals surface area contributed by atoms with E-state index < -0.39 is 17.9 Å². The molecule has 0 radical (unpaired) electrons. The molecule has 6 heteroatoms. The lowest BCUT2D eigenvalue weighted by Gasteiger charge is -2.13. The number of hydrogen-bond acceptors (Lipinski definition) is 5. The second-order valence-electron chi connectivity index (χ2n) is 5.70. The fourth-order valence-electron chi connectivity index (χ4n) is 2.82. The van der Waals surface area contributed by atoms with Gasteiger partial charge < -0.3 is 14.5 Å². The number of rotatable bonds is 6. The van der Waals surface area contributed by atoms with Crippen molar-refractivity contribution in [3.63, 3.8) is 0 Å². The molecule has 0 atom stereocenters. The number of benzene rings is 2. The molecule has 3 rings (SSSR count). The fraction of sp³-hybridized carbons (Fsp3) is 0.200. The average Bonchev–Trinajstić information content (AvgIpc) is 3.02. The topological polar surface area (TPSA) is 68.4 Å². The summed E-state index contributed by atoms with van der Waals surface area (Å²) in [5, 5.41) is 1.87. The number of methoxy groups -OCH3 is 2. The van der Waals surface area contributed by atoms with Crippen LogP contribution in [-0.4, -0.2) is 31.1 Å². The number of ether oxygens (including phenoxy) is 2. The normalized spacial score (nSPS) is 10.9. The molecular formula is C20H19NO4S. The molecule has 0 aliphatic heterocycles. The number of fused-ring (bicyclic) bond motifs is 1. The van der Waals surface area contributed by atoms with Crippen molar-refractivity contribution in [2.45, 2.75) is 16.3 Å². The molecule has 3 aromatic rings. The Morgan fingerprint density at radius 3 is 2.23 bits per heavy atom. The molecule has 0 saturated heterocycles. The first kappa shape index (κ1) is 18.1. The van der Waals surface area contributed by atoms with Gasteiger partial charge in [0.15, 0.2) is 5.92 Å². The Morgan fingerprint density at radius 2 is 1.58 bits per heavy atom. The number of esters is 2. The summed E-state index contributed by atoms with van der Waals surface area (Å²) >= 11 is 1.56. The van der Waals surface area contributed by atoms with Crippen LogP contribution in [0, 0.1) is 5.92 Å². The summed E-state index contributed by atoms with van der Waals surface area (Å²) in [6, 6.07) is 17.7. The van der Waals surface area contributed by atoms with E-state index in [0.717, 1.165) is 26.4 Å². The summed E-state index contributed by atoms with van der Waals surface area (Å²) in [6.07, 6.45) is 0.207. The molecule has 0 aliphatic rings. The van der Waals surface area contributed by atoms with Gasteiger partial charge in [0.1, 0.15) is 0 Å². The van der Waals surface area contributed by atoms with Crippen LogP contribution in [0.1, 0.15) is 5.56 Å². The molecule has 0 unspecified atom stereocenters. The van der Waals surface area contributed by atoms with Gasteiger partial charge in [-0.1, -0.05) is 48.2 Å². The van der Waals surface area contributed by atoms with Crippen LogP contribution in [0.25, 0.3) is 10.9 Å². The molecule has 1 aromatic heterocycles. The van der Waals surface area contributed by atoms with Crippen molar-refractivity contribution in [1.82, 2.24) is 4.98 Å². The zero-order valence-corrected chi connectivity index (χ0v) is 15.3. The molecule has 0 aliphatic carbocycles. The lowest BCUT2D eigenvalue weighted by molar-refractivity contribution is -0.158. The molecular weight excluding hydrogens is 350 g/mol. The lowest BCUT2D eigenvalue weighted by atomic mass is 9.99. The molecule has 0 spiro atoms. The summed E-state index contributed by atoms with van der Waals surface area (Å²) in [7, 11) is 2.54. The van der Waals surface area contributed by atoms with Crippen LogP contribution in [0.3, 0.4) is 0 Å². The Balaban J connectivity index is 2.03. The predicted octanol–water partition coefficient (Wildman–Crippen LogP) is 3.82. The lowest BCUT2D eigenvalue weighted by Crippen LogP contribution is -2.28. The number of para-hydroxylation sites is 1. The first-order valence-electron chi connectivity index (χ1n) is 8.12. The van der Waals surface area contributed by atoms with E-state index >= 15 is 0 Å². The van der Waals surface area contributed by atoms with E-state index in [0.29, 0.717) is 0 Å². The van der Waals surface area contributed by atoms with E-state index in [9.17, 15) is 9.59 Å². The quantitative estimate of drug-likeness (QED) is 0.528. The van der Waals surface area contributed by atoms with Gasteiger partial charge in [-0.25, -0.2) is 0 Å². The van der Waals surface area contributed by atoms with Crippen LogP contribution in [0.15, 0.2) is 64.5 Å². The van der Waals surface area contributed by atoms with Crippen molar-refractivity contribution < 1.29 is 19.1 Å². The highest BCUT2D eigenvalue weighted by Crippen LogP contribution is 2.36. The van der Waals surface area contributed by atoms with Crippen LogP contribution in [0.4, 0.5) is 0 Å². The predicted molar refractivity (Wildman–Crippen MR) is 100 cm³/mol. The Bertz CT molecular complexity index is 904. The minimum Gasteiger partial charge on any atom is -0.468 e. The fourth-order valence-corrected chi connectivity index (χ4v) is 3.83. The van der Waals surface area contributed by atoms with E-state index in [1.165, 1.54) is 14.2 Å². The van der Waals surface area contributed by atoms with Crippen molar-refractivity contribution in [3.8, 4) is 0 Å². The van der Waals surface area contributed by atoms with Crippen molar-refractivity contribution in [1.29, 1.82) is 0 Å². The highest BCUT2D eigenvalue weighted by atomic mass is 32.2. The summed E-state index contributed by atoms with van der Waals surface area (Å²) in [5.41, 5.74) is 1.85. The third-order valence-corrected chi connectivity index (χ3v) is 5.18. The first-order valence-corrected chi connectivity index (χ1v) is 8.93. The number of hydrogen-bond donors (Lipinski definition) is 1. The Hall–Kier alpha value is -2.73. The summed E-state index contributed by atoms with van der Waals surface area (Å²) in [4.78, 5) is 28.7. The molecule has 5 nitrogen and oxygen atoms in total. The Kier molecular flexibility index (Phi) is 5.63. The minimum atomic E-state index is -1.00. The highest BCUT2D eigenvalue weighted by Gasteiger charge is 2.31. The van der Waals surface area contributed by atoms with Gasteiger partial charge in [-0.05, 0) is 30.2 Å². The van der Waals surface area contributed by atoms with Gasteiger partial charge in [0.2, 0.25) is 0 Å². The number of carbonyl (C=O) groups is 2. The second-order valence-corrected chi connectivity index (χ2v) is 6.78. The van der Waals surface area contributed by atoms with E-state index in [1.807, 2.05) is 54.6 Å². The van der Waals surface area contributed by atoms with E-state index in [2.05, 4.69) is 4.98 Å². The molecule has 1 N–H and O–H groups in total. The highest BCUT2D eigenvalue weighted by molar-refractivity contribution is 7.99. The first-order chi connectivity index (χ1) is 12.6. The number of aromatic nitrogens is 1. The second kappa shape index (κ2) is 8.10. The molecule has 1 heterocycles. The standard InChI is InChI=1S/C20H19NO4S/c1-24-19(22)16(20(23)25-2)12-15-14-10-6-7-11-17(14)21-18(15)26-13-8-4-3-5-9-13/h3-11,16,21H,12H2,1-2H3.